The third-order valence-corrected chi connectivity index (χ3v) is 12.6. The van der Waals surface area contributed by atoms with Gasteiger partial charge < -0.3 is 9.80 Å². The molecule has 1 aliphatic carbocycles. The molecular weight excluding hydrogens is 697 g/mol. The normalized spacial score (nSPS) is 14.8. The Morgan fingerprint density at radius 3 is 1.32 bits per heavy atom. The van der Waals surface area contributed by atoms with Gasteiger partial charge in [-0.2, -0.15) is 0 Å². The maximum atomic E-state index is 2.47. The van der Waals surface area contributed by atoms with Crippen LogP contribution in [0.3, 0.4) is 0 Å². The number of fused-ring (bicyclic) bond motifs is 10. The highest BCUT2D eigenvalue weighted by atomic mass is 32.2. The van der Waals surface area contributed by atoms with E-state index in [1.807, 2.05) is 11.8 Å². The molecule has 9 aromatic rings. The molecule has 0 saturated heterocycles. The Labute approximate surface area is 332 Å². The molecule has 0 fully saturated rings. The zero-order valence-corrected chi connectivity index (χ0v) is 31.4. The third-order valence-electron chi connectivity index (χ3n) is 11.4. The van der Waals surface area contributed by atoms with Gasteiger partial charge >= 0.3 is 0 Å². The van der Waals surface area contributed by atoms with Crippen LogP contribution >= 0.6 is 11.8 Å². The largest absolute Gasteiger partial charge is 0.310 e. The Morgan fingerprint density at radius 2 is 0.732 bits per heavy atom. The monoisotopic (exact) mass is 732 g/mol. The van der Waals surface area contributed by atoms with Crippen molar-refractivity contribution in [1.29, 1.82) is 0 Å². The van der Waals surface area contributed by atoms with Crippen LogP contribution in [0.5, 0.6) is 0 Å². The summed E-state index contributed by atoms with van der Waals surface area (Å²) in [6, 6.07) is 80.0. The molecule has 56 heavy (non-hydrogen) atoms. The van der Waals surface area contributed by atoms with E-state index in [2.05, 4.69) is 228 Å². The molecule has 2 aliphatic rings. The van der Waals surface area contributed by atoms with Gasteiger partial charge in [-0.3, -0.25) is 0 Å². The molecule has 0 amide bonds. The summed E-state index contributed by atoms with van der Waals surface area (Å²) in [7, 11) is 0. The lowest BCUT2D eigenvalue weighted by Crippen LogP contribution is -2.32. The Balaban J connectivity index is 1.20. The van der Waals surface area contributed by atoms with E-state index in [1.165, 1.54) is 53.9 Å². The standard InChI is InChI=1S/C53H36N2S/c1-5-19-39(20-6-1)54(40-21-7-2-8-22-40)43-29-31-48-46(35-43)45-27-15-16-28-47(45)53(48)49-33-37-17-13-14-18-38(37)34-52(49)56-51-32-30-44(36-50(51)53)55(41-23-9-3-10-24-41)42-25-11-4-12-26-42/h1-36H. The van der Waals surface area contributed by atoms with Gasteiger partial charge in [-0.15, -0.1) is 0 Å². The lowest BCUT2D eigenvalue weighted by atomic mass is 9.67. The number of para-hydroxylation sites is 4. The van der Waals surface area contributed by atoms with E-state index in [-0.39, 0.29) is 0 Å². The van der Waals surface area contributed by atoms with E-state index in [0.717, 1.165) is 34.1 Å². The summed E-state index contributed by atoms with van der Waals surface area (Å²) < 4.78 is 0. The highest BCUT2D eigenvalue weighted by molar-refractivity contribution is 7.99. The van der Waals surface area contributed by atoms with Crippen molar-refractivity contribution < 1.29 is 0 Å². The van der Waals surface area contributed by atoms with Gasteiger partial charge in [0, 0.05) is 43.9 Å². The zero-order chi connectivity index (χ0) is 37.1. The molecule has 3 heteroatoms. The average Bonchev–Trinajstić information content (AvgIpc) is 3.55. The van der Waals surface area contributed by atoms with Crippen molar-refractivity contribution in [3.63, 3.8) is 0 Å². The molecule has 1 aliphatic heterocycles. The smallest absolute Gasteiger partial charge is 0.0736 e. The molecular formula is C53H36N2S. The van der Waals surface area contributed by atoms with Crippen LogP contribution in [-0.4, -0.2) is 0 Å². The predicted molar refractivity (Wildman–Crippen MR) is 235 cm³/mol. The molecule has 1 unspecified atom stereocenters. The highest BCUT2D eigenvalue weighted by Crippen LogP contribution is 2.63. The van der Waals surface area contributed by atoms with Crippen molar-refractivity contribution >= 4 is 56.7 Å². The lowest BCUT2D eigenvalue weighted by molar-refractivity contribution is 0.724. The van der Waals surface area contributed by atoms with Gasteiger partial charge in [-0.05, 0) is 135 Å². The van der Waals surface area contributed by atoms with Crippen molar-refractivity contribution in [2.45, 2.75) is 15.2 Å². The lowest BCUT2D eigenvalue weighted by Gasteiger charge is -2.41. The first-order valence-electron chi connectivity index (χ1n) is 19.2. The number of benzene rings is 9. The molecule has 1 atom stereocenters. The van der Waals surface area contributed by atoms with Gasteiger partial charge in [-0.25, -0.2) is 0 Å². The van der Waals surface area contributed by atoms with E-state index in [4.69, 9.17) is 0 Å². The minimum absolute atomic E-state index is 0.552. The van der Waals surface area contributed by atoms with Crippen molar-refractivity contribution in [1.82, 2.24) is 0 Å². The topological polar surface area (TPSA) is 6.48 Å². The van der Waals surface area contributed by atoms with E-state index in [1.54, 1.807) is 0 Å². The van der Waals surface area contributed by atoms with E-state index in [0.29, 0.717) is 0 Å². The molecule has 2 nitrogen and oxygen atoms in total. The van der Waals surface area contributed by atoms with Crippen LogP contribution in [0.2, 0.25) is 0 Å². The molecule has 0 aromatic heterocycles. The number of hydrogen-bond acceptors (Lipinski definition) is 3. The number of anilines is 6. The Hall–Kier alpha value is -6.81. The van der Waals surface area contributed by atoms with Crippen LogP contribution < -0.4 is 9.80 Å². The summed E-state index contributed by atoms with van der Waals surface area (Å²) in [5.74, 6) is 0. The van der Waals surface area contributed by atoms with Crippen molar-refractivity contribution in [3.8, 4) is 11.1 Å². The second-order valence-electron chi connectivity index (χ2n) is 14.5. The van der Waals surface area contributed by atoms with Gasteiger partial charge in [0.2, 0.25) is 0 Å². The summed E-state index contributed by atoms with van der Waals surface area (Å²) in [6.45, 7) is 0. The van der Waals surface area contributed by atoms with Crippen LogP contribution in [0.25, 0.3) is 21.9 Å². The molecule has 9 aromatic carbocycles. The van der Waals surface area contributed by atoms with Gasteiger partial charge in [0.15, 0.2) is 0 Å². The fourth-order valence-electron chi connectivity index (χ4n) is 9.09. The van der Waals surface area contributed by atoms with Crippen molar-refractivity contribution in [2.75, 3.05) is 9.80 Å². The number of hydrogen-bond donors (Lipinski definition) is 0. The Morgan fingerprint density at radius 1 is 0.286 bits per heavy atom. The van der Waals surface area contributed by atoms with E-state index < -0.39 is 5.41 Å². The van der Waals surface area contributed by atoms with Crippen LogP contribution in [0.4, 0.5) is 34.1 Å². The van der Waals surface area contributed by atoms with E-state index >= 15 is 0 Å². The number of nitrogens with zero attached hydrogens (tertiary/aromatic N) is 2. The average molecular weight is 733 g/mol. The van der Waals surface area contributed by atoms with Gasteiger partial charge in [0.25, 0.3) is 0 Å². The molecule has 1 spiro atoms. The van der Waals surface area contributed by atoms with Crippen LogP contribution in [0.15, 0.2) is 228 Å². The second kappa shape index (κ2) is 13.2. The minimum Gasteiger partial charge on any atom is -0.310 e. The highest BCUT2D eigenvalue weighted by Gasteiger charge is 2.50. The summed E-state index contributed by atoms with van der Waals surface area (Å²) in [6.07, 6.45) is 0. The molecule has 0 radical (unpaired) electrons. The van der Waals surface area contributed by atoms with Crippen LogP contribution in [0, 0.1) is 0 Å². The van der Waals surface area contributed by atoms with E-state index in [9.17, 15) is 0 Å². The molecule has 0 bridgehead atoms. The van der Waals surface area contributed by atoms with Crippen molar-refractivity contribution in [3.05, 3.63) is 241 Å². The molecule has 1 heterocycles. The fraction of sp³-hybridized carbons (Fsp3) is 0.0189. The summed E-state index contributed by atoms with van der Waals surface area (Å²) >= 11 is 1.90. The van der Waals surface area contributed by atoms with Crippen LogP contribution in [0.1, 0.15) is 22.3 Å². The van der Waals surface area contributed by atoms with Crippen molar-refractivity contribution in [2.24, 2.45) is 0 Å². The summed E-state index contributed by atoms with van der Waals surface area (Å²) in [4.78, 5) is 7.33. The SMILES string of the molecule is c1ccc(N(c2ccccc2)c2ccc3c(c2)-c2ccccc2C32c3cc(N(c4ccccc4)c4ccccc4)ccc3Sc3cc4ccccc4cc32)cc1. The first-order valence-corrected chi connectivity index (χ1v) is 20.0. The Bertz CT molecular complexity index is 2810. The molecule has 264 valence electrons. The first kappa shape index (κ1) is 32.6. The molecule has 0 saturated carbocycles. The summed E-state index contributed by atoms with van der Waals surface area (Å²) in [5.41, 5.74) is 14.0. The minimum atomic E-state index is -0.552. The quantitative estimate of drug-likeness (QED) is 0.168. The fourth-order valence-corrected chi connectivity index (χ4v) is 10.3. The van der Waals surface area contributed by atoms with Crippen LogP contribution in [-0.2, 0) is 5.41 Å². The number of rotatable bonds is 6. The first-order chi connectivity index (χ1) is 27.8. The maximum absolute atomic E-state index is 2.47. The third kappa shape index (κ3) is 5.05. The van der Waals surface area contributed by atoms with Gasteiger partial charge in [-0.1, -0.05) is 139 Å². The maximum Gasteiger partial charge on any atom is 0.0736 e. The Kier molecular flexibility index (Phi) is 7.68. The summed E-state index contributed by atoms with van der Waals surface area (Å²) in [5, 5.41) is 2.51. The van der Waals surface area contributed by atoms with Gasteiger partial charge in [0.05, 0.1) is 5.41 Å². The molecule has 11 rings (SSSR count). The van der Waals surface area contributed by atoms with Gasteiger partial charge in [0.1, 0.15) is 0 Å². The predicted octanol–water partition coefficient (Wildman–Crippen LogP) is 14.6. The zero-order valence-electron chi connectivity index (χ0n) is 30.6. The molecule has 0 N–H and O–H groups in total. The second-order valence-corrected chi connectivity index (χ2v) is 15.6.